The van der Waals surface area contributed by atoms with Gasteiger partial charge in [0.25, 0.3) is 0 Å². The molecule has 1 rings (SSSR count). The largest absolute Gasteiger partial charge is 0.389 e. The summed E-state index contributed by atoms with van der Waals surface area (Å²) in [6, 6.07) is 10.2. The van der Waals surface area contributed by atoms with Gasteiger partial charge in [-0.1, -0.05) is 24.3 Å². The average molecular weight is 147 g/mol. The lowest BCUT2D eigenvalue weighted by Gasteiger charge is -2.00. The molecule has 1 nitrogen and oxygen atoms in total. The molecule has 0 saturated heterocycles. The summed E-state index contributed by atoms with van der Waals surface area (Å²) in [6.45, 7) is 1.75. The Kier molecular flexibility index (Phi) is 4.69. The van der Waals surface area contributed by atoms with Crippen molar-refractivity contribution < 1.29 is 5.11 Å². The molecular weight excluding hydrogens is 136 g/mol. The maximum atomic E-state index is 9.01. The first-order chi connectivity index (χ1) is 4.30. The van der Waals surface area contributed by atoms with Crippen LogP contribution in [0, 0.1) is 6.07 Å². The summed E-state index contributed by atoms with van der Waals surface area (Å²) in [6.07, 6.45) is -0.361. The van der Waals surface area contributed by atoms with Crippen LogP contribution < -0.4 is 0 Å². The number of hydrogen-bond acceptors (Lipinski definition) is 1. The minimum absolute atomic E-state index is 0. The van der Waals surface area contributed by atoms with E-state index in [0.29, 0.717) is 0 Å². The van der Waals surface area contributed by atoms with Crippen LogP contribution in [0.25, 0.3) is 0 Å². The Balaban J connectivity index is 0.000000810. The predicted molar refractivity (Wildman–Crippen MR) is 44.5 cm³/mol. The monoisotopic (exact) mass is 147 g/mol. The van der Waals surface area contributed by atoms with Gasteiger partial charge in [-0.3, -0.25) is 0 Å². The fourth-order valence-corrected chi connectivity index (χ4v) is 0.678. The Bertz CT molecular complexity index is 172. The molecule has 0 heterocycles. The van der Waals surface area contributed by atoms with Crippen molar-refractivity contribution in [1.82, 2.24) is 0 Å². The summed E-state index contributed by atoms with van der Waals surface area (Å²) in [5, 5.41) is 9.01. The molecule has 0 aliphatic carbocycles. The van der Waals surface area contributed by atoms with E-state index in [9.17, 15) is 0 Å². The van der Waals surface area contributed by atoms with E-state index in [4.69, 9.17) is 5.11 Å². The molecule has 1 N–H and O–H groups in total. The lowest BCUT2D eigenvalue weighted by Crippen LogP contribution is -1.88. The van der Waals surface area contributed by atoms with Crippen molar-refractivity contribution in [1.29, 1.82) is 0 Å². The van der Waals surface area contributed by atoms with Crippen LogP contribution in [0.1, 0.15) is 18.6 Å². The molecule has 1 aromatic rings. The van der Waals surface area contributed by atoms with Crippen LogP contribution in [0.3, 0.4) is 0 Å². The van der Waals surface area contributed by atoms with E-state index in [1.165, 1.54) is 0 Å². The van der Waals surface area contributed by atoms with Crippen molar-refractivity contribution in [3.8, 4) is 0 Å². The maximum Gasteiger partial charge on any atom is 0.316 e. The first kappa shape index (κ1) is 9.95. The fraction of sp³-hybridized carbons (Fsp3) is 0.250. The topological polar surface area (TPSA) is 20.2 Å². The van der Waals surface area contributed by atoms with Gasteiger partial charge in [-0.05, 0) is 18.6 Å². The second-order valence-electron chi connectivity index (χ2n) is 2.01. The fourth-order valence-electron chi connectivity index (χ4n) is 0.678. The van der Waals surface area contributed by atoms with E-state index in [-0.39, 0.29) is 29.2 Å². The minimum Gasteiger partial charge on any atom is -0.389 e. The van der Waals surface area contributed by atoms with Crippen molar-refractivity contribution in [2.45, 2.75) is 13.0 Å². The summed E-state index contributed by atoms with van der Waals surface area (Å²) >= 11 is 0. The van der Waals surface area contributed by atoms with Crippen molar-refractivity contribution in [2.75, 3.05) is 0 Å². The highest BCUT2D eigenvalue weighted by atomic mass is 24.3. The molecule has 1 atom stereocenters. The Morgan fingerprint density at radius 3 is 2.20 bits per heavy atom. The average Bonchev–Trinajstić information content (AvgIpc) is 1.90. The van der Waals surface area contributed by atoms with Crippen molar-refractivity contribution in [3.05, 3.63) is 35.9 Å². The van der Waals surface area contributed by atoms with Crippen LogP contribution in [-0.2, 0) is 0 Å². The summed E-state index contributed by atoms with van der Waals surface area (Å²) in [7, 11) is 0. The zero-order valence-electron chi connectivity index (χ0n) is 5.33. The molecule has 1 aromatic carbocycles. The second-order valence-corrected chi connectivity index (χ2v) is 2.01. The minimum atomic E-state index is -0.361. The van der Waals surface area contributed by atoms with Crippen LogP contribution in [0.15, 0.2) is 24.3 Å². The van der Waals surface area contributed by atoms with Gasteiger partial charge < -0.3 is 5.11 Å². The van der Waals surface area contributed by atoms with E-state index in [1.807, 2.05) is 12.1 Å². The van der Waals surface area contributed by atoms with Crippen LogP contribution in [0.5, 0.6) is 0 Å². The SMILES string of the molecule is CC(O)c1cc[c]cc1.[MgH2]. The number of hydrogen-bond donors (Lipinski definition) is 1. The standard InChI is InChI=1S/C8H9O.Mg.2H/c1-7(9)8-5-3-2-4-6-8;;;/h3-7,9H,1H3;;;. The summed E-state index contributed by atoms with van der Waals surface area (Å²) in [4.78, 5) is 0. The highest BCUT2D eigenvalue weighted by molar-refractivity contribution is 5.75. The second kappa shape index (κ2) is 4.71. The van der Waals surface area contributed by atoms with Crippen LogP contribution in [0.2, 0.25) is 0 Å². The quantitative estimate of drug-likeness (QED) is 0.578. The normalized spacial score (nSPS) is 11.8. The van der Waals surface area contributed by atoms with E-state index in [2.05, 4.69) is 6.07 Å². The summed E-state index contributed by atoms with van der Waals surface area (Å²) < 4.78 is 0. The zero-order valence-corrected chi connectivity index (χ0v) is 5.33. The molecule has 2 heteroatoms. The highest BCUT2D eigenvalue weighted by Crippen LogP contribution is 2.08. The highest BCUT2D eigenvalue weighted by Gasteiger charge is 1.95. The lowest BCUT2D eigenvalue weighted by molar-refractivity contribution is 0.199. The van der Waals surface area contributed by atoms with E-state index >= 15 is 0 Å². The molecular formula is C8H11MgO. The molecule has 1 unspecified atom stereocenters. The van der Waals surface area contributed by atoms with E-state index in [0.717, 1.165) is 5.56 Å². The Morgan fingerprint density at radius 1 is 1.40 bits per heavy atom. The Hall–Kier alpha value is -0.0538. The summed E-state index contributed by atoms with van der Waals surface area (Å²) in [5.74, 6) is 0. The van der Waals surface area contributed by atoms with Gasteiger partial charge in [0.05, 0.1) is 6.10 Å². The van der Waals surface area contributed by atoms with Crippen molar-refractivity contribution in [2.24, 2.45) is 0 Å². The third-order valence-electron chi connectivity index (χ3n) is 1.23. The van der Waals surface area contributed by atoms with Crippen molar-refractivity contribution in [3.63, 3.8) is 0 Å². The third kappa shape index (κ3) is 2.69. The van der Waals surface area contributed by atoms with Gasteiger partial charge in [-0.15, -0.1) is 0 Å². The predicted octanol–water partition coefficient (Wildman–Crippen LogP) is 0.624. The maximum absolute atomic E-state index is 9.01. The smallest absolute Gasteiger partial charge is 0.316 e. The molecule has 0 aliphatic rings. The molecule has 0 aromatic heterocycles. The molecule has 0 fully saturated rings. The van der Waals surface area contributed by atoms with Crippen molar-refractivity contribution >= 4 is 23.1 Å². The molecule has 0 spiro atoms. The first-order valence-electron chi connectivity index (χ1n) is 2.95. The van der Waals surface area contributed by atoms with Gasteiger partial charge in [0.2, 0.25) is 0 Å². The molecule has 51 valence electrons. The number of benzene rings is 1. The molecule has 0 amide bonds. The van der Waals surface area contributed by atoms with Crippen LogP contribution >= 0.6 is 0 Å². The zero-order chi connectivity index (χ0) is 6.69. The number of aliphatic hydroxyl groups is 1. The van der Waals surface area contributed by atoms with Crippen LogP contribution in [0.4, 0.5) is 0 Å². The molecule has 1 radical (unpaired) electrons. The van der Waals surface area contributed by atoms with Gasteiger partial charge in [0.15, 0.2) is 0 Å². The Morgan fingerprint density at radius 2 is 1.90 bits per heavy atom. The first-order valence-corrected chi connectivity index (χ1v) is 2.95. The van der Waals surface area contributed by atoms with Gasteiger partial charge >= 0.3 is 23.1 Å². The van der Waals surface area contributed by atoms with Gasteiger partial charge in [0, 0.05) is 0 Å². The van der Waals surface area contributed by atoms with Gasteiger partial charge in [-0.25, -0.2) is 0 Å². The summed E-state index contributed by atoms with van der Waals surface area (Å²) in [5.41, 5.74) is 0.939. The molecule has 0 saturated carbocycles. The lowest BCUT2D eigenvalue weighted by atomic mass is 10.1. The molecule has 10 heavy (non-hydrogen) atoms. The number of rotatable bonds is 1. The third-order valence-corrected chi connectivity index (χ3v) is 1.23. The number of aliphatic hydroxyl groups excluding tert-OH is 1. The van der Waals surface area contributed by atoms with Gasteiger partial charge in [0.1, 0.15) is 0 Å². The molecule has 0 bridgehead atoms. The van der Waals surface area contributed by atoms with Crippen LogP contribution in [-0.4, -0.2) is 28.2 Å². The van der Waals surface area contributed by atoms with E-state index < -0.39 is 0 Å². The Labute approximate surface area is 77.2 Å². The van der Waals surface area contributed by atoms with E-state index in [1.54, 1.807) is 19.1 Å². The molecule has 0 aliphatic heterocycles. The van der Waals surface area contributed by atoms with Gasteiger partial charge in [-0.2, -0.15) is 0 Å².